The number of ether oxygens (including phenoxy) is 2. The van der Waals surface area contributed by atoms with Crippen LogP contribution in [0.15, 0.2) is 24.5 Å². The van der Waals surface area contributed by atoms with E-state index in [0.29, 0.717) is 11.6 Å². The molecule has 82 valence electrons. The summed E-state index contributed by atoms with van der Waals surface area (Å²) in [4.78, 5) is 0. The van der Waals surface area contributed by atoms with E-state index < -0.39 is 0 Å². The van der Waals surface area contributed by atoms with Gasteiger partial charge in [-0.05, 0) is 30.7 Å². The third-order valence-corrected chi connectivity index (χ3v) is 2.05. The van der Waals surface area contributed by atoms with Crippen LogP contribution < -0.4 is 4.74 Å². The smallest absolute Gasteiger partial charge is 0.126 e. The number of benzene rings is 1. The highest BCUT2D eigenvalue weighted by Gasteiger charge is 2.01. The molecule has 0 saturated heterocycles. The molecule has 0 aliphatic heterocycles. The maximum absolute atomic E-state index is 5.90. The first-order valence-electron chi connectivity index (χ1n) is 4.89. The second-order valence-corrected chi connectivity index (χ2v) is 3.51. The molecule has 0 saturated carbocycles. The zero-order chi connectivity index (χ0) is 11.1. The van der Waals surface area contributed by atoms with Crippen molar-refractivity contribution in [2.75, 3.05) is 13.7 Å². The van der Waals surface area contributed by atoms with E-state index >= 15 is 0 Å². The molecule has 15 heavy (non-hydrogen) atoms. The van der Waals surface area contributed by atoms with Crippen LogP contribution >= 0.6 is 11.6 Å². The quantitative estimate of drug-likeness (QED) is 0.712. The lowest BCUT2D eigenvalue weighted by molar-refractivity contribution is 0.316. The van der Waals surface area contributed by atoms with E-state index in [-0.39, 0.29) is 0 Å². The first-order chi connectivity index (χ1) is 7.27. The SMILES string of the molecule is CCCOc1ccc(Cl)cc1/C=C/OC. The van der Waals surface area contributed by atoms with E-state index in [4.69, 9.17) is 21.1 Å². The van der Waals surface area contributed by atoms with Crippen molar-refractivity contribution in [3.8, 4) is 5.75 Å². The van der Waals surface area contributed by atoms with E-state index in [9.17, 15) is 0 Å². The van der Waals surface area contributed by atoms with Crippen LogP contribution in [0.4, 0.5) is 0 Å². The van der Waals surface area contributed by atoms with Crippen molar-refractivity contribution in [1.82, 2.24) is 0 Å². The molecule has 0 aromatic heterocycles. The largest absolute Gasteiger partial charge is 0.504 e. The number of methoxy groups -OCH3 is 1. The Kier molecular flexibility index (Phi) is 5.05. The van der Waals surface area contributed by atoms with E-state index in [2.05, 4.69) is 6.92 Å². The Morgan fingerprint density at radius 2 is 2.20 bits per heavy atom. The molecule has 0 fully saturated rings. The summed E-state index contributed by atoms with van der Waals surface area (Å²) in [6.45, 7) is 2.77. The highest BCUT2D eigenvalue weighted by molar-refractivity contribution is 6.30. The van der Waals surface area contributed by atoms with Crippen molar-refractivity contribution in [2.45, 2.75) is 13.3 Å². The normalized spacial score (nSPS) is 10.6. The van der Waals surface area contributed by atoms with Crippen LogP contribution in [0.25, 0.3) is 6.08 Å². The Morgan fingerprint density at radius 1 is 1.40 bits per heavy atom. The second kappa shape index (κ2) is 6.36. The van der Waals surface area contributed by atoms with Crippen LogP contribution in [-0.4, -0.2) is 13.7 Å². The molecule has 0 aliphatic carbocycles. The third-order valence-electron chi connectivity index (χ3n) is 1.82. The first-order valence-corrected chi connectivity index (χ1v) is 5.27. The zero-order valence-corrected chi connectivity index (χ0v) is 9.75. The minimum Gasteiger partial charge on any atom is -0.504 e. The van der Waals surface area contributed by atoms with Crippen molar-refractivity contribution in [2.24, 2.45) is 0 Å². The van der Waals surface area contributed by atoms with E-state index in [1.165, 1.54) is 0 Å². The molecule has 0 radical (unpaired) electrons. The van der Waals surface area contributed by atoms with Gasteiger partial charge in [-0.15, -0.1) is 0 Å². The second-order valence-electron chi connectivity index (χ2n) is 3.07. The summed E-state index contributed by atoms with van der Waals surface area (Å²) in [5, 5.41) is 0.689. The summed E-state index contributed by atoms with van der Waals surface area (Å²) in [5.74, 6) is 0.828. The van der Waals surface area contributed by atoms with E-state index in [1.807, 2.05) is 24.3 Å². The summed E-state index contributed by atoms with van der Waals surface area (Å²) >= 11 is 5.90. The number of hydrogen-bond acceptors (Lipinski definition) is 2. The van der Waals surface area contributed by atoms with Crippen LogP contribution in [0.5, 0.6) is 5.75 Å². The summed E-state index contributed by atoms with van der Waals surface area (Å²) in [6, 6.07) is 5.53. The van der Waals surface area contributed by atoms with Gasteiger partial charge in [-0.1, -0.05) is 18.5 Å². The molecule has 0 atom stereocenters. The molecule has 1 aromatic rings. The first kappa shape index (κ1) is 11.9. The van der Waals surface area contributed by atoms with Gasteiger partial charge < -0.3 is 9.47 Å². The molecule has 0 spiro atoms. The molecule has 2 nitrogen and oxygen atoms in total. The van der Waals surface area contributed by atoms with Gasteiger partial charge in [0.25, 0.3) is 0 Å². The monoisotopic (exact) mass is 226 g/mol. The Hall–Kier alpha value is -1.15. The van der Waals surface area contributed by atoms with Crippen LogP contribution in [-0.2, 0) is 4.74 Å². The molecular weight excluding hydrogens is 212 g/mol. The van der Waals surface area contributed by atoms with Crippen molar-refractivity contribution in [3.05, 3.63) is 35.0 Å². The fraction of sp³-hybridized carbons (Fsp3) is 0.333. The van der Waals surface area contributed by atoms with Gasteiger partial charge in [-0.2, -0.15) is 0 Å². The van der Waals surface area contributed by atoms with Crippen molar-refractivity contribution in [3.63, 3.8) is 0 Å². The lowest BCUT2D eigenvalue weighted by Gasteiger charge is -2.08. The predicted octanol–water partition coefficient (Wildman–Crippen LogP) is 3.75. The fourth-order valence-electron chi connectivity index (χ4n) is 1.13. The molecule has 1 rings (SSSR count). The molecule has 0 aliphatic rings. The topological polar surface area (TPSA) is 18.5 Å². The Labute approximate surface area is 95.5 Å². The molecule has 0 unspecified atom stereocenters. The van der Waals surface area contributed by atoms with Crippen molar-refractivity contribution >= 4 is 17.7 Å². The molecule has 1 aromatic carbocycles. The van der Waals surface area contributed by atoms with Gasteiger partial charge in [-0.25, -0.2) is 0 Å². The Bertz CT molecular complexity index is 334. The Balaban J connectivity index is 2.87. The highest BCUT2D eigenvalue weighted by atomic mass is 35.5. The summed E-state index contributed by atoms with van der Waals surface area (Å²) < 4.78 is 10.4. The maximum atomic E-state index is 5.90. The maximum Gasteiger partial charge on any atom is 0.126 e. The number of hydrogen-bond donors (Lipinski definition) is 0. The van der Waals surface area contributed by atoms with E-state index in [0.717, 1.165) is 17.7 Å². The van der Waals surface area contributed by atoms with E-state index in [1.54, 1.807) is 13.4 Å². The van der Waals surface area contributed by atoms with Gasteiger partial charge in [0, 0.05) is 10.6 Å². The number of halogens is 1. The Morgan fingerprint density at radius 3 is 2.87 bits per heavy atom. The standard InChI is InChI=1S/C12H15ClO2/c1-3-7-15-12-5-4-11(13)9-10(12)6-8-14-2/h4-6,8-9H,3,7H2,1-2H3/b8-6+. The molecule has 0 amide bonds. The predicted molar refractivity (Wildman–Crippen MR) is 63.3 cm³/mol. The van der Waals surface area contributed by atoms with Crippen LogP contribution in [0.3, 0.4) is 0 Å². The summed E-state index contributed by atoms with van der Waals surface area (Å²) in [7, 11) is 1.60. The number of rotatable bonds is 5. The summed E-state index contributed by atoms with van der Waals surface area (Å²) in [6.07, 6.45) is 4.41. The summed E-state index contributed by atoms with van der Waals surface area (Å²) in [5.41, 5.74) is 0.929. The fourth-order valence-corrected chi connectivity index (χ4v) is 1.31. The van der Waals surface area contributed by atoms with Crippen molar-refractivity contribution < 1.29 is 9.47 Å². The minimum atomic E-state index is 0.689. The van der Waals surface area contributed by atoms with Crippen molar-refractivity contribution in [1.29, 1.82) is 0 Å². The zero-order valence-electron chi connectivity index (χ0n) is 9.00. The molecule has 0 N–H and O–H groups in total. The molecule has 0 bridgehead atoms. The van der Waals surface area contributed by atoms with Crippen LogP contribution in [0, 0.1) is 0 Å². The highest BCUT2D eigenvalue weighted by Crippen LogP contribution is 2.24. The van der Waals surface area contributed by atoms with Gasteiger partial charge in [0.15, 0.2) is 0 Å². The van der Waals surface area contributed by atoms with Crippen LogP contribution in [0.1, 0.15) is 18.9 Å². The average molecular weight is 227 g/mol. The van der Waals surface area contributed by atoms with Gasteiger partial charge in [0.05, 0.1) is 20.0 Å². The average Bonchev–Trinajstić information content (AvgIpc) is 2.25. The van der Waals surface area contributed by atoms with Gasteiger partial charge >= 0.3 is 0 Å². The molecular formula is C12H15ClO2. The van der Waals surface area contributed by atoms with Gasteiger partial charge in [-0.3, -0.25) is 0 Å². The lowest BCUT2D eigenvalue weighted by atomic mass is 10.2. The lowest BCUT2D eigenvalue weighted by Crippen LogP contribution is -1.96. The van der Waals surface area contributed by atoms with Gasteiger partial charge in [0.2, 0.25) is 0 Å². The van der Waals surface area contributed by atoms with Crippen LogP contribution in [0.2, 0.25) is 5.02 Å². The molecule has 3 heteroatoms. The minimum absolute atomic E-state index is 0.689. The third kappa shape index (κ3) is 3.84. The molecule has 0 heterocycles. The van der Waals surface area contributed by atoms with Gasteiger partial charge in [0.1, 0.15) is 5.75 Å².